The van der Waals surface area contributed by atoms with E-state index >= 15 is 0 Å². The predicted octanol–water partition coefficient (Wildman–Crippen LogP) is 3.05. The number of piperazine rings is 1. The highest BCUT2D eigenvalue weighted by Crippen LogP contribution is 2.25. The number of carbonyl (C=O) groups excluding carboxylic acids is 1. The zero-order chi connectivity index (χ0) is 20.2. The van der Waals surface area contributed by atoms with E-state index in [0.717, 1.165) is 81.1 Å². The van der Waals surface area contributed by atoms with E-state index in [1.54, 1.807) is 17.8 Å². The van der Waals surface area contributed by atoms with Gasteiger partial charge in [-0.05, 0) is 38.4 Å². The van der Waals surface area contributed by atoms with Crippen molar-refractivity contribution in [3.63, 3.8) is 0 Å². The van der Waals surface area contributed by atoms with Crippen LogP contribution >= 0.6 is 11.8 Å². The minimum atomic E-state index is -0.000867. The van der Waals surface area contributed by atoms with Gasteiger partial charge in [0.15, 0.2) is 10.9 Å². The second-order valence-corrected chi connectivity index (χ2v) is 8.57. The number of anilines is 1. The number of rotatable bonds is 6. The minimum Gasteiger partial charge on any atom is -0.455 e. The summed E-state index contributed by atoms with van der Waals surface area (Å²) in [5.74, 6) is 2.82. The fourth-order valence-electron chi connectivity index (χ4n) is 3.83. The highest BCUT2D eigenvalue weighted by Gasteiger charge is 2.22. The van der Waals surface area contributed by atoms with Crippen molar-refractivity contribution in [3.8, 4) is 0 Å². The van der Waals surface area contributed by atoms with Gasteiger partial charge in [-0.25, -0.2) is 9.97 Å². The highest BCUT2D eigenvalue weighted by molar-refractivity contribution is 7.98. The largest absolute Gasteiger partial charge is 0.455 e. The van der Waals surface area contributed by atoms with Gasteiger partial charge in [-0.15, -0.1) is 0 Å². The third-order valence-electron chi connectivity index (χ3n) is 5.57. The topological polar surface area (TPSA) is 65.7 Å². The number of aromatic nitrogens is 2. The van der Waals surface area contributed by atoms with E-state index in [4.69, 9.17) is 9.40 Å². The molecule has 0 unspecified atom stereocenters. The molecule has 2 aromatic heterocycles. The van der Waals surface area contributed by atoms with Crippen molar-refractivity contribution >= 4 is 23.5 Å². The Kier molecular flexibility index (Phi) is 6.40. The maximum atomic E-state index is 12.4. The van der Waals surface area contributed by atoms with E-state index in [1.165, 1.54) is 0 Å². The van der Waals surface area contributed by atoms with E-state index in [0.29, 0.717) is 11.5 Å². The van der Waals surface area contributed by atoms with Crippen LogP contribution in [0.1, 0.15) is 41.8 Å². The van der Waals surface area contributed by atoms with Gasteiger partial charge in [-0.1, -0.05) is 18.7 Å². The van der Waals surface area contributed by atoms with Crippen LogP contribution in [0.2, 0.25) is 0 Å². The van der Waals surface area contributed by atoms with Gasteiger partial charge in [0.25, 0.3) is 5.91 Å². The van der Waals surface area contributed by atoms with Crippen LogP contribution in [0.15, 0.2) is 27.8 Å². The third-order valence-corrected chi connectivity index (χ3v) is 6.44. The van der Waals surface area contributed by atoms with Crippen LogP contribution in [0.5, 0.6) is 0 Å². The van der Waals surface area contributed by atoms with Gasteiger partial charge in [0.05, 0.1) is 5.75 Å². The number of hydrogen-bond acceptors (Lipinski definition) is 7. The molecule has 0 spiro atoms. The SMILES string of the molecule is CCN1CCN(c2cc(C)nc(SCc3ccc(C(=O)N4CCCC4)o3)n2)CC1. The van der Waals surface area contributed by atoms with Gasteiger partial charge >= 0.3 is 0 Å². The van der Waals surface area contributed by atoms with Crippen LogP contribution in [0.25, 0.3) is 0 Å². The molecular formula is C21H29N5O2S. The maximum Gasteiger partial charge on any atom is 0.289 e. The van der Waals surface area contributed by atoms with Crippen molar-refractivity contribution in [2.45, 2.75) is 37.6 Å². The summed E-state index contributed by atoms with van der Waals surface area (Å²) >= 11 is 1.55. The molecule has 2 aliphatic heterocycles. The van der Waals surface area contributed by atoms with E-state index in [2.05, 4.69) is 27.8 Å². The van der Waals surface area contributed by atoms with Crippen LogP contribution in [0, 0.1) is 6.92 Å². The zero-order valence-electron chi connectivity index (χ0n) is 17.3. The number of carbonyl (C=O) groups is 1. The smallest absolute Gasteiger partial charge is 0.289 e. The van der Waals surface area contributed by atoms with Crippen LogP contribution in [0.4, 0.5) is 5.82 Å². The average Bonchev–Trinajstić information content (AvgIpc) is 3.44. The number of furan rings is 1. The Morgan fingerprint density at radius 3 is 2.59 bits per heavy atom. The molecule has 7 nitrogen and oxygen atoms in total. The Balaban J connectivity index is 1.37. The molecule has 4 rings (SSSR count). The summed E-state index contributed by atoms with van der Waals surface area (Å²) in [6.07, 6.45) is 2.16. The Morgan fingerprint density at radius 1 is 1.10 bits per heavy atom. The molecule has 0 aliphatic carbocycles. The third kappa shape index (κ3) is 4.93. The molecule has 2 aliphatic rings. The van der Waals surface area contributed by atoms with E-state index in [-0.39, 0.29) is 5.91 Å². The first kappa shape index (κ1) is 20.2. The molecule has 29 heavy (non-hydrogen) atoms. The van der Waals surface area contributed by atoms with E-state index < -0.39 is 0 Å². The van der Waals surface area contributed by atoms with Crippen molar-refractivity contribution in [2.75, 3.05) is 50.7 Å². The number of aryl methyl sites for hydroxylation is 1. The monoisotopic (exact) mass is 415 g/mol. The zero-order valence-corrected chi connectivity index (χ0v) is 18.1. The normalized spacial score (nSPS) is 17.9. The molecular weight excluding hydrogens is 386 g/mol. The van der Waals surface area contributed by atoms with Crippen molar-refractivity contribution < 1.29 is 9.21 Å². The number of thioether (sulfide) groups is 1. The van der Waals surface area contributed by atoms with E-state index in [1.807, 2.05) is 17.9 Å². The van der Waals surface area contributed by atoms with Gasteiger partial charge in [0.2, 0.25) is 0 Å². The van der Waals surface area contributed by atoms with Crippen molar-refractivity contribution in [1.29, 1.82) is 0 Å². The first-order valence-corrected chi connectivity index (χ1v) is 11.4. The summed E-state index contributed by atoms with van der Waals surface area (Å²) in [7, 11) is 0. The molecule has 0 aromatic carbocycles. The summed E-state index contributed by atoms with van der Waals surface area (Å²) < 4.78 is 5.80. The van der Waals surface area contributed by atoms with Gasteiger partial charge in [0, 0.05) is 51.0 Å². The summed E-state index contributed by atoms with van der Waals surface area (Å²) in [5.41, 5.74) is 0.972. The molecule has 2 fully saturated rings. The fraction of sp³-hybridized carbons (Fsp3) is 0.571. The first-order chi connectivity index (χ1) is 14.1. The second kappa shape index (κ2) is 9.17. The van der Waals surface area contributed by atoms with E-state index in [9.17, 15) is 4.79 Å². The average molecular weight is 416 g/mol. The molecule has 0 bridgehead atoms. The number of likely N-dealkylation sites (N-methyl/N-ethyl adjacent to an activating group) is 1. The quantitative estimate of drug-likeness (QED) is 0.531. The summed E-state index contributed by atoms with van der Waals surface area (Å²) in [6.45, 7) is 11.1. The molecule has 0 atom stereocenters. The minimum absolute atomic E-state index is 0.000867. The van der Waals surface area contributed by atoms with Crippen LogP contribution < -0.4 is 4.90 Å². The van der Waals surface area contributed by atoms with Gasteiger partial charge in [-0.2, -0.15) is 0 Å². The van der Waals surface area contributed by atoms with Crippen molar-refractivity contribution in [3.05, 3.63) is 35.4 Å². The molecule has 0 N–H and O–H groups in total. The lowest BCUT2D eigenvalue weighted by atomic mass is 10.3. The highest BCUT2D eigenvalue weighted by atomic mass is 32.2. The Labute approximate surface area is 176 Å². The number of hydrogen-bond donors (Lipinski definition) is 0. The second-order valence-electron chi connectivity index (χ2n) is 7.63. The molecule has 2 saturated heterocycles. The lowest BCUT2D eigenvalue weighted by Gasteiger charge is -2.34. The van der Waals surface area contributed by atoms with Gasteiger partial charge in [0.1, 0.15) is 11.6 Å². The van der Waals surface area contributed by atoms with Crippen LogP contribution in [-0.2, 0) is 5.75 Å². The van der Waals surface area contributed by atoms with Crippen LogP contribution in [0.3, 0.4) is 0 Å². The Bertz CT molecular complexity index is 841. The van der Waals surface area contributed by atoms with Crippen molar-refractivity contribution in [1.82, 2.24) is 19.8 Å². The molecule has 0 radical (unpaired) electrons. The van der Waals surface area contributed by atoms with Crippen molar-refractivity contribution in [2.24, 2.45) is 0 Å². The Hall–Kier alpha value is -2.06. The standard InChI is InChI=1S/C21H29N5O2S/c1-3-24-10-12-25(13-11-24)19-14-16(2)22-21(23-19)29-15-17-6-7-18(28-17)20(27)26-8-4-5-9-26/h6-7,14H,3-5,8-13,15H2,1-2H3. The molecule has 4 heterocycles. The molecule has 2 aromatic rings. The lowest BCUT2D eigenvalue weighted by Crippen LogP contribution is -2.46. The molecule has 1 amide bonds. The predicted molar refractivity (Wildman–Crippen MR) is 115 cm³/mol. The van der Waals surface area contributed by atoms with Crippen LogP contribution in [-0.4, -0.2) is 71.5 Å². The van der Waals surface area contributed by atoms with Gasteiger partial charge < -0.3 is 19.1 Å². The number of nitrogens with zero attached hydrogens (tertiary/aromatic N) is 5. The maximum absolute atomic E-state index is 12.4. The fourth-order valence-corrected chi connectivity index (χ4v) is 4.62. The number of likely N-dealkylation sites (tertiary alicyclic amines) is 1. The Morgan fingerprint density at radius 2 is 1.86 bits per heavy atom. The summed E-state index contributed by atoms with van der Waals surface area (Å²) in [5, 5.41) is 0.752. The molecule has 8 heteroatoms. The molecule has 156 valence electrons. The molecule has 0 saturated carbocycles. The first-order valence-electron chi connectivity index (χ1n) is 10.5. The lowest BCUT2D eigenvalue weighted by molar-refractivity contribution is 0.0760. The van der Waals surface area contributed by atoms with Gasteiger partial charge in [-0.3, -0.25) is 4.79 Å². The number of amides is 1. The summed E-state index contributed by atoms with van der Waals surface area (Å²) in [6, 6.07) is 5.73. The summed E-state index contributed by atoms with van der Waals surface area (Å²) in [4.78, 5) is 28.4.